The zero-order chi connectivity index (χ0) is 41.0. The van der Waals surface area contributed by atoms with E-state index in [0.717, 1.165) is 38.5 Å². The number of allylic oxidation sites excluding steroid dienone is 4. The molecule has 0 aliphatic heterocycles. The van der Waals surface area contributed by atoms with Crippen molar-refractivity contribution in [2.45, 2.75) is 282 Å². The SMILES string of the molecule is CCCCCCCCCCCCCCCCCCCCCC/C=C/CC/C=C/CCCC(O)C(O)C(CO)NC(=O)C(O)CCCCCCCCCCCCC. The second-order valence-corrected chi connectivity index (χ2v) is 17.2. The molecule has 0 rings (SSSR count). The van der Waals surface area contributed by atoms with Crippen LogP contribution in [0.3, 0.4) is 0 Å². The van der Waals surface area contributed by atoms with Crippen molar-refractivity contribution < 1.29 is 25.2 Å². The summed E-state index contributed by atoms with van der Waals surface area (Å²) in [5.74, 6) is -0.597. The monoisotopic (exact) mass is 792 g/mol. The summed E-state index contributed by atoms with van der Waals surface area (Å²) in [5.41, 5.74) is 0. The number of amides is 1. The van der Waals surface area contributed by atoms with Gasteiger partial charge in [0.15, 0.2) is 0 Å². The number of carbonyl (C=O) groups is 1. The van der Waals surface area contributed by atoms with Crippen LogP contribution in [0.5, 0.6) is 0 Å². The maximum atomic E-state index is 12.5. The Morgan fingerprint density at radius 1 is 0.429 bits per heavy atom. The predicted octanol–water partition coefficient (Wildman–Crippen LogP) is 13.5. The van der Waals surface area contributed by atoms with Crippen LogP contribution in [0.2, 0.25) is 0 Å². The van der Waals surface area contributed by atoms with Crippen LogP contribution in [0.25, 0.3) is 0 Å². The molecule has 6 heteroatoms. The van der Waals surface area contributed by atoms with E-state index in [4.69, 9.17) is 0 Å². The van der Waals surface area contributed by atoms with Crippen LogP contribution in [0, 0.1) is 0 Å². The van der Waals surface area contributed by atoms with Gasteiger partial charge in [-0.1, -0.05) is 231 Å². The Morgan fingerprint density at radius 2 is 0.750 bits per heavy atom. The molecule has 332 valence electrons. The molecule has 4 unspecified atom stereocenters. The Kier molecular flexibility index (Phi) is 43.9. The second kappa shape index (κ2) is 44.9. The average Bonchev–Trinajstić information content (AvgIpc) is 3.20. The van der Waals surface area contributed by atoms with E-state index < -0.39 is 36.9 Å². The molecule has 5 N–H and O–H groups in total. The molecule has 0 saturated carbocycles. The summed E-state index contributed by atoms with van der Waals surface area (Å²) in [6.45, 7) is 4.03. The lowest BCUT2D eigenvalue weighted by Gasteiger charge is -2.27. The summed E-state index contributed by atoms with van der Waals surface area (Å²) >= 11 is 0. The fourth-order valence-electron chi connectivity index (χ4n) is 7.72. The predicted molar refractivity (Wildman–Crippen MR) is 242 cm³/mol. The highest BCUT2D eigenvalue weighted by Crippen LogP contribution is 2.17. The van der Waals surface area contributed by atoms with E-state index in [2.05, 4.69) is 43.5 Å². The van der Waals surface area contributed by atoms with Crippen molar-refractivity contribution in [2.24, 2.45) is 0 Å². The third kappa shape index (κ3) is 38.3. The molecule has 0 radical (unpaired) electrons. The molecular formula is C50H97NO5. The van der Waals surface area contributed by atoms with E-state index in [9.17, 15) is 25.2 Å². The molecule has 0 bridgehead atoms. The van der Waals surface area contributed by atoms with Crippen molar-refractivity contribution >= 4 is 5.91 Å². The van der Waals surface area contributed by atoms with Gasteiger partial charge in [-0.25, -0.2) is 0 Å². The van der Waals surface area contributed by atoms with Crippen molar-refractivity contribution in [2.75, 3.05) is 6.61 Å². The van der Waals surface area contributed by atoms with Gasteiger partial charge in [0.05, 0.1) is 18.8 Å². The molecule has 6 nitrogen and oxygen atoms in total. The van der Waals surface area contributed by atoms with E-state index in [1.165, 1.54) is 186 Å². The molecule has 56 heavy (non-hydrogen) atoms. The highest BCUT2D eigenvalue weighted by atomic mass is 16.3. The number of aliphatic hydroxyl groups is 4. The lowest BCUT2D eigenvalue weighted by atomic mass is 10.00. The first-order chi connectivity index (χ1) is 27.5. The fourth-order valence-corrected chi connectivity index (χ4v) is 7.72. The third-order valence-corrected chi connectivity index (χ3v) is 11.6. The highest BCUT2D eigenvalue weighted by molar-refractivity contribution is 5.80. The number of rotatable bonds is 45. The van der Waals surface area contributed by atoms with Crippen LogP contribution < -0.4 is 5.32 Å². The largest absolute Gasteiger partial charge is 0.394 e. The smallest absolute Gasteiger partial charge is 0.249 e. The van der Waals surface area contributed by atoms with Gasteiger partial charge in [-0.05, 0) is 51.4 Å². The maximum absolute atomic E-state index is 12.5. The van der Waals surface area contributed by atoms with Gasteiger partial charge in [-0.2, -0.15) is 0 Å². The minimum atomic E-state index is -1.29. The Labute approximate surface area is 348 Å². The Bertz CT molecular complexity index is 847. The van der Waals surface area contributed by atoms with Gasteiger partial charge in [-0.3, -0.25) is 4.79 Å². The lowest BCUT2D eigenvalue weighted by molar-refractivity contribution is -0.132. The summed E-state index contributed by atoms with van der Waals surface area (Å²) in [6.07, 6.45) is 52.5. The summed E-state index contributed by atoms with van der Waals surface area (Å²) in [7, 11) is 0. The van der Waals surface area contributed by atoms with Gasteiger partial charge in [-0.15, -0.1) is 0 Å². The molecule has 0 aromatic rings. The summed E-state index contributed by atoms with van der Waals surface area (Å²) in [5, 5.41) is 43.6. The first-order valence-electron chi connectivity index (χ1n) is 24.7. The Morgan fingerprint density at radius 3 is 1.12 bits per heavy atom. The van der Waals surface area contributed by atoms with Crippen molar-refractivity contribution in [3.8, 4) is 0 Å². The first kappa shape index (κ1) is 54.8. The Balaban J connectivity index is 3.66. The molecule has 0 aromatic carbocycles. The van der Waals surface area contributed by atoms with Crippen molar-refractivity contribution in [3.05, 3.63) is 24.3 Å². The van der Waals surface area contributed by atoms with Crippen LogP contribution in [-0.2, 0) is 4.79 Å². The standard InChI is InChI=1S/C50H97NO5/c1-3-5-7-9-11-13-15-16-17-18-19-20-21-22-23-24-25-26-27-28-29-30-31-32-34-35-37-39-41-43-47(53)49(55)46(45-52)51-50(56)48(54)44-42-40-38-36-33-14-12-10-8-6-4-2/h30-31,35,37,46-49,52-55H,3-29,32-34,36,38-45H2,1-2H3,(H,51,56)/b31-30+,37-35+. The van der Waals surface area contributed by atoms with Crippen molar-refractivity contribution in [1.82, 2.24) is 5.32 Å². The minimum absolute atomic E-state index is 0.363. The normalized spacial score (nSPS) is 14.2. The van der Waals surface area contributed by atoms with E-state index in [1.807, 2.05) is 0 Å². The molecule has 4 atom stereocenters. The van der Waals surface area contributed by atoms with Gasteiger partial charge < -0.3 is 25.7 Å². The third-order valence-electron chi connectivity index (χ3n) is 11.6. The number of hydrogen-bond donors (Lipinski definition) is 5. The zero-order valence-corrected chi connectivity index (χ0v) is 37.4. The molecule has 0 aliphatic carbocycles. The van der Waals surface area contributed by atoms with Crippen LogP contribution >= 0.6 is 0 Å². The number of carbonyl (C=O) groups excluding carboxylic acids is 1. The van der Waals surface area contributed by atoms with Gasteiger partial charge in [0.2, 0.25) is 5.91 Å². The van der Waals surface area contributed by atoms with Crippen LogP contribution in [0.1, 0.15) is 258 Å². The van der Waals surface area contributed by atoms with Crippen LogP contribution in [0.15, 0.2) is 24.3 Å². The first-order valence-corrected chi connectivity index (χ1v) is 24.7. The molecule has 0 saturated heterocycles. The summed E-state index contributed by atoms with van der Waals surface area (Å²) in [6, 6.07) is -1.00. The van der Waals surface area contributed by atoms with E-state index in [0.29, 0.717) is 19.3 Å². The van der Waals surface area contributed by atoms with E-state index >= 15 is 0 Å². The highest BCUT2D eigenvalue weighted by Gasteiger charge is 2.28. The number of aliphatic hydroxyl groups excluding tert-OH is 4. The molecule has 0 aliphatic rings. The molecule has 0 aromatic heterocycles. The second-order valence-electron chi connectivity index (χ2n) is 17.2. The average molecular weight is 792 g/mol. The van der Waals surface area contributed by atoms with Gasteiger partial charge >= 0.3 is 0 Å². The fraction of sp³-hybridized carbons (Fsp3) is 0.900. The number of nitrogens with one attached hydrogen (secondary N) is 1. The molecule has 0 spiro atoms. The van der Waals surface area contributed by atoms with Crippen molar-refractivity contribution in [1.29, 1.82) is 0 Å². The molecule has 0 heterocycles. The Hall–Kier alpha value is -1.21. The molecule has 1 amide bonds. The van der Waals surface area contributed by atoms with E-state index in [1.54, 1.807) is 0 Å². The van der Waals surface area contributed by atoms with Crippen LogP contribution in [0.4, 0.5) is 0 Å². The maximum Gasteiger partial charge on any atom is 0.249 e. The van der Waals surface area contributed by atoms with Gasteiger partial charge in [0, 0.05) is 0 Å². The quantitative estimate of drug-likeness (QED) is 0.0312. The van der Waals surface area contributed by atoms with Gasteiger partial charge in [0.25, 0.3) is 0 Å². The number of hydrogen-bond acceptors (Lipinski definition) is 5. The summed E-state index contributed by atoms with van der Waals surface area (Å²) < 4.78 is 0. The minimum Gasteiger partial charge on any atom is -0.394 e. The molecular weight excluding hydrogens is 695 g/mol. The van der Waals surface area contributed by atoms with Crippen LogP contribution in [-0.4, -0.2) is 57.3 Å². The van der Waals surface area contributed by atoms with Gasteiger partial charge in [0.1, 0.15) is 12.2 Å². The van der Waals surface area contributed by atoms with E-state index in [-0.39, 0.29) is 0 Å². The number of unbranched alkanes of at least 4 members (excludes halogenated alkanes) is 32. The zero-order valence-electron chi connectivity index (χ0n) is 37.4. The summed E-state index contributed by atoms with van der Waals surface area (Å²) in [4.78, 5) is 12.5. The van der Waals surface area contributed by atoms with Crippen molar-refractivity contribution in [3.63, 3.8) is 0 Å². The topological polar surface area (TPSA) is 110 Å². The lowest BCUT2D eigenvalue weighted by Crippen LogP contribution is -2.53. The molecule has 0 fully saturated rings.